The van der Waals surface area contributed by atoms with Crippen LogP contribution in [0.4, 0.5) is 10.8 Å². The van der Waals surface area contributed by atoms with Gasteiger partial charge in [0.2, 0.25) is 16.2 Å². The molecule has 13 heteroatoms. The first-order valence-electron chi connectivity index (χ1n) is 15.1. The molecule has 1 unspecified atom stereocenters. The van der Waals surface area contributed by atoms with Crippen molar-refractivity contribution in [2.75, 3.05) is 30.6 Å². The average molecular weight is 712 g/mol. The predicted molar refractivity (Wildman–Crippen MR) is 196 cm³/mol. The van der Waals surface area contributed by atoms with Crippen LogP contribution in [-0.2, 0) is 9.59 Å². The van der Waals surface area contributed by atoms with E-state index in [9.17, 15) is 14.4 Å². The Bertz CT molecular complexity index is 1920. The lowest BCUT2D eigenvalue weighted by atomic mass is 10.1. The minimum Gasteiger partial charge on any atom is -0.497 e. The van der Waals surface area contributed by atoms with Gasteiger partial charge in [0, 0.05) is 33.2 Å². The molecule has 0 saturated carbocycles. The van der Waals surface area contributed by atoms with Gasteiger partial charge in [0.15, 0.2) is 0 Å². The molecule has 0 bridgehead atoms. The Morgan fingerprint density at radius 1 is 0.878 bits per heavy atom. The Morgan fingerprint density at radius 3 is 2.27 bits per heavy atom. The molecule has 3 N–H and O–H groups in total. The number of rotatable bonds is 14. The largest absolute Gasteiger partial charge is 0.497 e. The van der Waals surface area contributed by atoms with Gasteiger partial charge in [-0.2, -0.15) is 9.36 Å². The molecule has 0 saturated heterocycles. The van der Waals surface area contributed by atoms with E-state index in [2.05, 4.69) is 25.3 Å². The number of hydrogen-bond donors (Lipinski definition) is 3. The minimum atomic E-state index is -0.576. The molecular formula is C36H33N5O5S3. The van der Waals surface area contributed by atoms with Crippen LogP contribution in [0.15, 0.2) is 119 Å². The zero-order valence-electron chi connectivity index (χ0n) is 26.8. The fourth-order valence-corrected chi connectivity index (χ4v) is 6.82. The van der Waals surface area contributed by atoms with Gasteiger partial charge >= 0.3 is 0 Å². The van der Waals surface area contributed by atoms with Crippen molar-refractivity contribution in [3.8, 4) is 11.5 Å². The van der Waals surface area contributed by atoms with Crippen LogP contribution < -0.4 is 25.4 Å². The van der Waals surface area contributed by atoms with Crippen molar-refractivity contribution in [2.24, 2.45) is 0 Å². The number of ether oxygens (including phenoxy) is 2. The van der Waals surface area contributed by atoms with Crippen molar-refractivity contribution >= 4 is 69.7 Å². The molecular weight excluding hydrogens is 679 g/mol. The van der Waals surface area contributed by atoms with Crippen LogP contribution >= 0.6 is 35.1 Å². The first-order chi connectivity index (χ1) is 23.9. The number of thioether (sulfide) groups is 2. The zero-order chi connectivity index (χ0) is 34.6. The third-order valence-corrected chi connectivity index (χ3v) is 9.62. The number of aromatic nitrogens is 2. The van der Waals surface area contributed by atoms with Gasteiger partial charge in [-0.3, -0.25) is 19.7 Å². The van der Waals surface area contributed by atoms with Crippen LogP contribution in [0.5, 0.6) is 11.5 Å². The smallest absolute Gasteiger partial charge is 0.272 e. The molecule has 250 valence electrons. The van der Waals surface area contributed by atoms with Gasteiger partial charge in [-0.15, -0.1) is 11.8 Å². The molecule has 0 aliphatic rings. The summed E-state index contributed by atoms with van der Waals surface area (Å²) in [6.45, 7) is 2.02. The molecule has 0 aliphatic heterocycles. The maximum absolute atomic E-state index is 13.7. The second kappa shape index (κ2) is 17.3. The summed E-state index contributed by atoms with van der Waals surface area (Å²) in [6.07, 6.45) is 1.53. The van der Waals surface area contributed by atoms with E-state index in [-0.39, 0.29) is 11.6 Å². The van der Waals surface area contributed by atoms with Gasteiger partial charge in [0.25, 0.3) is 11.8 Å². The van der Waals surface area contributed by atoms with E-state index in [1.54, 1.807) is 60.7 Å². The van der Waals surface area contributed by atoms with Crippen LogP contribution in [0.3, 0.4) is 0 Å². The number of nitrogens with one attached hydrogen (secondary N) is 3. The Hall–Kier alpha value is -5.11. The number of benzene rings is 4. The molecule has 3 amide bonds. The lowest BCUT2D eigenvalue weighted by molar-refractivity contribution is -0.116. The molecule has 1 aromatic heterocycles. The van der Waals surface area contributed by atoms with E-state index in [0.717, 1.165) is 27.7 Å². The molecule has 5 rings (SSSR count). The summed E-state index contributed by atoms with van der Waals surface area (Å²) in [4.78, 5) is 45.5. The first kappa shape index (κ1) is 35.2. The number of hydrogen-bond acceptors (Lipinski definition) is 10. The van der Waals surface area contributed by atoms with E-state index in [1.165, 1.54) is 43.8 Å². The van der Waals surface area contributed by atoms with Crippen molar-refractivity contribution in [2.45, 2.75) is 22.2 Å². The zero-order valence-corrected chi connectivity index (χ0v) is 29.3. The lowest BCUT2D eigenvalue weighted by Gasteiger charge is -2.16. The summed E-state index contributed by atoms with van der Waals surface area (Å²) in [7, 11) is 3.06. The molecule has 49 heavy (non-hydrogen) atoms. The van der Waals surface area contributed by atoms with E-state index in [0.29, 0.717) is 38.6 Å². The Kier molecular flexibility index (Phi) is 12.5. The van der Waals surface area contributed by atoms with Crippen LogP contribution in [0, 0.1) is 0 Å². The summed E-state index contributed by atoms with van der Waals surface area (Å²) in [5, 5.41) is 9.01. The van der Waals surface area contributed by atoms with E-state index in [4.69, 9.17) is 9.47 Å². The topological polar surface area (TPSA) is 132 Å². The SMILES string of the molecule is CCSc1nsc(NC(=O)C(Sc2ccc(NC(=O)/C(=C/c3cc(OC)ccc3OC)NC(=O)c3ccccc3)cc2)c2ccccc2)n1. The Labute approximate surface area is 296 Å². The van der Waals surface area contributed by atoms with E-state index in [1.807, 2.05) is 49.4 Å². The third-order valence-electron chi connectivity index (χ3n) is 6.88. The van der Waals surface area contributed by atoms with E-state index < -0.39 is 17.1 Å². The number of carbonyl (C=O) groups is 3. The normalized spacial score (nSPS) is 11.7. The highest BCUT2D eigenvalue weighted by atomic mass is 32.2. The average Bonchev–Trinajstić information content (AvgIpc) is 3.58. The molecule has 0 aliphatic carbocycles. The van der Waals surface area contributed by atoms with Gasteiger partial charge in [0.05, 0.1) is 14.2 Å². The fraction of sp³-hybridized carbons (Fsp3) is 0.139. The quantitative estimate of drug-likeness (QED) is 0.0790. The van der Waals surface area contributed by atoms with Gasteiger partial charge in [-0.05, 0) is 72.0 Å². The number of methoxy groups -OCH3 is 2. The van der Waals surface area contributed by atoms with Crippen molar-refractivity contribution in [1.82, 2.24) is 14.7 Å². The van der Waals surface area contributed by atoms with Gasteiger partial charge < -0.3 is 20.1 Å². The summed E-state index contributed by atoms with van der Waals surface area (Å²) in [5.74, 6) is 0.656. The molecule has 1 atom stereocenters. The number of carbonyl (C=O) groups excluding carboxylic acids is 3. The molecule has 0 fully saturated rings. The summed E-state index contributed by atoms with van der Waals surface area (Å²) in [5.41, 5.74) is 2.24. The monoisotopic (exact) mass is 711 g/mol. The Morgan fingerprint density at radius 2 is 1.59 bits per heavy atom. The predicted octanol–water partition coefficient (Wildman–Crippen LogP) is 7.55. The second-order valence-electron chi connectivity index (χ2n) is 10.2. The third kappa shape index (κ3) is 9.72. The molecule has 0 spiro atoms. The van der Waals surface area contributed by atoms with Crippen molar-refractivity contribution in [3.05, 3.63) is 126 Å². The summed E-state index contributed by atoms with van der Waals surface area (Å²) >= 11 is 4.02. The first-order valence-corrected chi connectivity index (χ1v) is 17.7. The van der Waals surface area contributed by atoms with Crippen LogP contribution in [-0.4, -0.2) is 47.1 Å². The van der Waals surface area contributed by atoms with Crippen LogP contribution in [0.1, 0.15) is 33.7 Å². The number of anilines is 2. The van der Waals surface area contributed by atoms with Gasteiger partial charge in [-0.1, -0.05) is 67.2 Å². The highest BCUT2D eigenvalue weighted by molar-refractivity contribution is 8.00. The van der Waals surface area contributed by atoms with Crippen LogP contribution in [0.2, 0.25) is 0 Å². The van der Waals surface area contributed by atoms with Gasteiger partial charge in [-0.25, -0.2) is 0 Å². The molecule has 10 nitrogen and oxygen atoms in total. The summed E-state index contributed by atoms with van der Waals surface area (Å²) < 4.78 is 15.1. The molecule has 5 aromatic rings. The van der Waals surface area contributed by atoms with Crippen molar-refractivity contribution in [3.63, 3.8) is 0 Å². The highest BCUT2D eigenvalue weighted by Crippen LogP contribution is 2.37. The molecule has 1 heterocycles. The standard InChI is InChI=1S/C36H33N5O5S3/c1-4-47-36-40-35(49-41-36)39-34(44)31(23-11-7-5-8-12-23)48-28-18-15-26(16-19-28)37-33(43)29(38-32(42)24-13-9-6-10-14-24)22-25-21-27(45-2)17-20-30(25)46-3/h5-22,31H,4H2,1-3H3,(H,37,43)(H,38,42)(H,39,40,41,44)/b29-22-. The molecule has 4 aromatic carbocycles. The maximum Gasteiger partial charge on any atom is 0.272 e. The lowest BCUT2D eigenvalue weighted by Crippen LogP contribution is -2.30. The summed E-state index contributed by atoms with van der Waals surface area (Å²) in [6, 6.07) is 30.4. The Balaban J connectivity index is 1.35. The maximum atomic E-state index is 13.7. The number of nitrogens with zero attached hydrogens (tertiary/aromatic N) is 2. The minimum absolute atomic E-state index is 0.00293. The van der Waals surface area contributed by atoms with E-state index >= 15 is 0 Å². The number of amides is 3. The molecule has 0 radical (unpaired) electrons. The van der Waals surface area contributed by atoms with Crippen LogP contribution in [0.25, 0.3) is 6.08 Å². The van der Waals surface area contributed by atoms with Gasteiger partial charge in [0.1, 0.15) is 22.4 Å². The fourth-order valence-electron chi connectivity index (χ4n) is 4.52. The second-order valence-corrected chi connectivity index (χ2v) is 13.3. The van der Waals surface area contributed by atoms with Crippen molar-refractivity contribution in [1.29, 1.82) is 0 Å². The highest BCUT2D eigenvalue weighted by Gasteiger charge is 2.24. The van der Waals surface area contributed by atoms with Crippen molar-refractivity contribution < 1.29 is 23.9 Å².